The number of hydrogen-bond donors (Lipinski definition) is 1. The van der Waals surface area contributed by atoms with E-state index in [4.69, 9.17) is 20.9 Å². The second-order valence-corrected chi connectivity index (χ2v) is 9.81. The van der Waals surface area contributed by atoms with E-state index < -0.39 is 0 Å². The van der Waals surface area contributed by atoms with Crippen LogP contribution in [0.3, 0.4) is 0 Å². The number of carbonyl (C=O) groups excluding carboxylic acids is 1. The molecule has 1 aliphatic rings. The van der Waals surface area contributed by atoms with Crippen LogP contribution >= 0.6 is 11.6 Å². The van der Waals surface area contributed by atoms with E-state index in [1.165, 1.54) is 12.1 Å². The summed E-state index contributed by atoms with van der Waals surface area (Å²) in [5, 5.41) is 7.79. The molecule has 0 bridgehead atoms. The van der Waals surface area contributed by atoms with Crippen molar-refractivity contribution in [3.63, 3.8) is 0 Å². The quantitative estimate of drug-likeness (QED) is 0.299. The first-order valence-electron chi connectivity index (χ1n) is 12.6. The molecule has 9 heteroatoms. The Morgan fingerprint density at radius 1 is 1.05 bits per heavy atom. The van der Waals surface area contributed by atoms with Crippen molar-refractivity contribution < 1.29 is 18.4 Å². The summed E-state index contributed by atoms with van der Waals surface area (Å²) in [7, 11) is 0. The third kappa shape index (κ3) is 6.96. The predicted molar refractivity (Wildman–Crippen MR) is 142 cm³/mol. The molecule has 0 spiro atoms. The number of halogens is 2. The molecule has 1 amide bonds. The van der Waals surface area contributed by atoms with E-state index in [1.54, 1.807) is 24.3 Å². The summed E-state index contributed by atoms with van der Waals surface area (Å²) >= 11 is 5.95. The second kappa shape index (κ2) is 12.2. The fraction of sp³-hybridized carbons (Fsp3) is 0.276. The van der Waals surface area contributed by atoms with Gasteiger partial charge in [0.05, 0.1) is 12.5 Å². The monoisotopic (exact) mass is 534 g/mol. The Morgan fingerprint density at radius 3 is 2.55 bits per heavy atom. The van der Waals surface area contributed by atoms with Crippen LogP contribution in [-0.2, 0) is 24.5 Å². The highest BCUT2D eigenvalue weighted by Crippen LogP contribution is 2.22. The van der Waals surface area contributed by atoms with Crippen molar-refractivity contribution in [1.29, 1.82) is 0 Å². The van der Waals surface area contributed by atoms with Gasteiger partial charge in [-0.15, -0.1) is 0 Å². The van der Waals surface area contributed by atoms with E-state index in [2.05, 4.69) is 20.4 Å². The van der Waals surface area contributed by atoms with Crippen molar-refractivity contribution in [2.75, 3.05) is 13.1 Å². The van der Waals surface area contributed by atoms with Crippen LogP contribution < -0.4 is 10.1 Å². The highest BCUT2D eigenvalue weighted by atomic mass is 35.5. The molecule has 1 atom stereocenters. The average molecular weight is 535 g/mol. The molecule has 5 rings (SSSR count). The average Bonchev–Trinajstić information content (AvgIpc) is 3.41. The molecule has 4 aromatic rings. The van der Waals surface area contributed by atoms with Crippen LogP contribution in [0.1, 0.15) is 29.9 Å². The molecular weight excluding hydrogens is 507 g/mol. The van der Waals surface area contributed by atoms with Crippen LogP contribution in [0.5, 0.6) is 5.75 Å². The van der Waals surface area contributed by atoms with Gasteiger partial charge in [-0.2, -0.15) is 4.98 Å². The van der Waals surface area contributed by atoms with Gasteiger partial charge < -0.3 is 14.6 Å². The van der Waals surface area contributed by atoms with Crippen LogP contribution in [0, 0.1) is 11.7 Å². The summed E-state index contributed by atoms with van der Waals surface area (Å²) in [6.07, 6.45) is 1.77. The van der Waals surface area contributed by atoms with E-state index in [0.717, 1.165) is 36.1 Å². The van der Waals surface area contributed by atoms with Gasteiger partial charge in [0, 0.05) is 23.7 Å². The van der Waals surface area contributed by atoms with Crippen LogP contribution in [0.4, 0.5) is 4.39 Å². The first kappa shape index (κ1) is 25.9. The summed E-state index contributed by atoms with van der Waals surface area (Å²) < 4.78 is 24.2. The molecule has 0 radical (unpaired) electrons. The molecule has 3 aromatic carbocycles. The first-order valence-corrected chi connectivity index (χ1v) is 12.9. The van der Waals surface area contributed by atoms with Gasteiger partial charge in [0.25, 0.3) is 0 Å². The Kier molecular flexibility index (Phi) is 8.31. The van der Waals surface area contributed by atoms with Crippen molar-refractivity contribution in [3.05, 3.63) is 101 Å². The summed E-state index contributed by atoms with van der Waals surface area (Å²) in [6, 6.07) is 21.1. The Hall–Kier alpha value is -3.75. The third-order valence-corrected chi connectivity index (χ3v) is 6.77. The molecule has 1 unspecified atom stereocenters. The fourth-order valence-corrected chi connectivity index (χ4v) is 4.55. The summed E-state index contributed by atoms with van der Waals surface area (Å²) in [6.45, 7) is 2.83. The number of likely N-dealkylation sites (tertiary alicyclic amines) is 1. The third-order valence-electron chi connectivity index (χ3n) is 6.51. The molecule has 2 heterocycles. The Bertz CT molecular complexity index is 1340. The van der Waals surface area contributed by atoms with E-state index in [0.29, 0.717) is 48.7 Å². The van der Waals surface area contributed by atoms with Crippen molar-refractivity contribution in [3.8, 4) is 17.1 Å². The summed E-state index contributed by atoms with van der Waals surface area (Å²) in [4.78, 5) is 19.6. The smallest absolute Gasteiger partial charge is 0.241 e. The number of nitrogens with one attached hydrogen (secondary N) is 1. The molecule has 7 nitrogen and oxygen atoms in total. The minimum atomic E-state index is -0.267. The van der Waals surface area contributed by atoms with E-state index >= 15 is 0 Å². The number of rotatable bonds is 9. The maximum Gasteiger partial charge on any atom is 0.241 e. The highest BCUT2D eigenvalue weighted by Gasteiger charge is 2.26. The Morgan fingerprint density at radius 2 is 1.79 bits per heavy atom. The van der Waals surface area contributed by atoms with Crippen LogP contribution in [-0.4, -0.2) is 34.0 Å². The zero-order valence-electron chi connectivity index (χ0n) is 20.8. The topological polar surface area (TPSA) is 80.5 Å². The number of ether oxygens (including phenoxy) is 1. The first-order chi connectivity index (χ1) is 18.5. The molecule has 1 N–H and O–H groups in total. The molecule has 1 saturated heterocycles. The fourth-order valence-electron chi connectivity index (χ4n) is 4.42. The van der Waals surface area contributed by atoms with Crippen molar-refractivity contribution >= 4 is 17.5 Å². The Balaban J connectivity index is 1.08. The van der Waals surface area contributed by atoms with Gasteiger partial charge in [-0.1, -0.05) is 41.0 Å². The Labute approximate surface area is 225 Å². The molecule has 1 aromatic heterocycles. The van der Waals surface area contributed by atoms with Gasteiger partial charge in [-0.3, -0.25) is 9.69 Å². The largest absolute Gasteiger partial charge is 0.489 e. The van der Waals surface area contributed by atoms with Gasteiger partial charge in [0.15, 0.2) is 0 Å². The minimum Gasteiger partial charge on any atom is -0.489 e. The lowest BCUT2D eigenvalue weighted by Crippen LogP contribution is -2.42. The molecule has 0 saturated carbocycles. The van der Waals surface area contributed by atoms with Gasteiger partial charge in [-0.25, -0.2) is 4.39 Å². The lowest BCUT2D eigenvalue weighted by molar-refractivity contribution is -0.127. The van der Waals surface area contributed by atoms with E-state index in [1.807, 2.05) is 36.4 Å². The SMILES string of the molecule is O=C(NCc1ccc(OCc2ccc(F)cc2)cc1)C1CCCN(Cc2nc(-c3ccc(Cl)cc3)no2)C1. The number of benzene rings is 3. The van der Waals surface area contributed by atoms with Crippen molar-refractivity contribution in [2.24, 2.45) is 5.92 Å². The highest BCUT2D eigenvalue weighted by molar-refractivity contribution is 6.30. The molecule has 1 fully saturated rings. The number of amides is 1. The number of piperidine rings is 1. The molecule has 38 heavy (non-hydrogen) atoms. The number of nitrogens with zero attached hydrogens (tertiary/aromatic N) is 3. The minimum absolute atomic E-state index is 0.0405. The van der Waals surface area contributed by atoms with Crippen LogP contribution in [0.15, 0.2) is 77.3 Å². The maximum atomic E-state index is 13.0. The zero-order valence-corrected chi connectivity index (χ0v) is 21.5. The van der Waals surface area contributed by atoms with E-state index in [-0.39, 0.29) is 17.6 Å². The zero-order chi connectivity index (χ0) is 26.3. The van der Waals surface area contributed by atoms with Gasteiger partial charge in [-0.05, 0) is 79.0 Å². The summed E-state index contributed by atoms with van der Waals surface area (Å²) in [5.74, 6) is 1.44. The van der Waals surface area contributed by atoms with Crippen LogP contribution in [0.2, 0.25) is 5.02 Å². The van der Waals surface area contributed by atoms with Gasteiger partial charge >= 0.3 is 0 Å². The van der Waals surface area contributed by atoms with Gasteiger partial charge in [0.1, 0.15) is 18.2 Å². The molecular formula is C29H28ClFN4O3. The molecule has 1 aliphatic heterocycles. The lowest BCUT2D eigenvalue weighted by atomic mass is 9.97. The van der Waals surface area contributed by atoms with Crippen LogP contribution in [0.25, 0.3) is 11.4 Å². The van der Waals surface area contributed by atoms with E-state index in [9.17, 15) is 9.18 Å². The normalized spacial score (nSPS) is 15.8. The maximum absolute atomic E-state index is 13.0. The predicted octanol–water partition coefficient (Wildman–Crippen LogP) is 5.64. The molecule has 0 aliphatic carbocycles. The van der Waals surface area contributed by atoms with Crippen molar-refractivity contribution in [2.45, 2.75) is 32.5 Å². The number of hydrogen-bond acceptors (Lipinski definition) is 6. The number of aromatic nitrogens is 2. The van der Waals surface area contributed by atoms with Gasteiger partial charge in [0.2, 0.25) is 17.6 Å². The second-order valence-electron chi connectivity index (χ2n) is 9.37. The molecule has 196 valence electrons. The van der Waals surface area contributed by atoms with Crippen molar-refractivity contribution in [1.82, 2.24) is 20.4 Å². The summed E-state index contributed by atoms with van der Waals surface area (Å²) in [5.41, 5.74) is 2.72. The standard InChI is InChI=1S/C29H28ClFN4O3/c30-24-9-7-22(8-10-24)28-33-27(38-34-28)18-35-15-1-2-23(17-35)29(36)32-16-20-5-13-26(14-6-20)37-19-21-3-11-25(31)12-4-21/h3-14,23H,1-2,15-19H2,(H,32,36). The number of carbonyl (C=O) groups is 1. The lowest BCUT2D eigenvalue weighted by Gasteiger charge is -2.30.